The van der Waals surface area contributed by atoms with Crippen LogP contribution in [0, 0.1) is 0 Å². The van der Waals surface area contributed by atoms with Crippen molar-refractivity contribution in [1.29, 1.82) is 0 Å². The van der Waals surface area contributed by atoms with Gasteiger partial charge in [0.05, 0.1) is 0 Å². The van der Waals surface area contributed by atoms with Crippen molar-refractivity contribution in [2.24, 2.45) is 0 Å². The van der Waals surface area contributed by atoms with Crippen molar-refractivity contribution in [3.63, 3.8) is 0 Å². The van der Waals surface area contributed by atoms with E-state index in [2.05, 4.69) is 5.32 Å². The van der Waals surface area contributed by atoms with Gasteiger partial charge in [-0.25, -0.2) is 0 Å². The van der Waals surface area contributed by atoms with Gasteiger partial charge in [0.1, 0.15) is 6.10 Å². The van der Waals surface area contributed by atoms with E-state index in [1.165, 1.54) is 6.92 Å². The largest absolute Gasteiger partial charge is 0.384 e. The van der Waals surface area contributed by atoms with E-state index in [0.717, 1.165) is 13.0 Å². The van der Waals surface area contributed by atoms with E-state index in [1.807, 2.05) is 0 Å². The van der Waals surface area contributed by atoms with E-state index in [-0.39, 0.29) is 11.8 Å². The minimum absolute atomic E-state index is 0.0301. The Balaban J connectivity index is 2.32. The first kappa shape index (κ1) is 6.71. The third kappa shape index (κ3) is 1.28. The number of carbonyl (C=O) groups excluding carboxylic acids is 1. The Morgan fingerprint density at radius 1 is 1.89 bits per heavy atom. The Hall–Kier alpha value is -0.410. The molecule has 0 aromatic rings. The zero-order valence-electron chi connectivity index (χ0n) is 5.42. The molecule has 1 aliphatic heterocycles. The van der Waals surface area contributed by atoms with Crippen LogP contribution < -0.4 is 5.32 Å². The smallest absolute Gasteiger partial charge is 0.159 e. The summed E-state index contributed by atoms with van der Waals surface area (Å²) in [6.07, 6.45) is 0.138. The molecular formula is C6H11NO2. The summed E-state index contributed by atoms with van der Waals surface area (Å²) in [5.74, 6) is -0.146. The summed E-state index contributed by atoms with van der Waals surface area (Å²) >= 11 is 0. The second-order valence-electron chi connectivity index (χ2n) is 2.40. The maximum atomic E-state index is 10.5. The fourth-order valence-corrected chi connectivity index (χ4v) is 0.864. The summed E-state index contributed by atoms with van der Waals surface area (Å²) in [5, 5.41) is 12.0. The van der Waals surface area contributed by atoms with Gasteiger partial charge in [-0.15, -0.1) is 0 Å². The second-order valence-corrected chi connectivity index (χ2v) is 2.40. The molecule has 2 atom stereocenters. The summed E-state index contributed by atoms with van der Waals surface area (Å²) in [5.41, 5.74) is 0. The second kappa shape index (κ2) is 2.45. The number of rotatable bonds is 2. The van der Waals surface area contributed by atoms with Crippen LogP contribution >= 0.6 is 0 Å². The molecule has 0 radical (unpaired) electrons. The van der Waals surface area contributed by atoms with Gasteiger partial charge in [-0.05, 0) is 19.9 Å². The normalized spacial score (nSPS) is 28.9. The number of hydrogen-bond donors (Lipinski definition) is 2. The van der Waals surface area contributed by atoms with Gasteiger partial charge in [0, 0.05) is 6.04 Å². The number of carbonyl (C=O) groups is 1. The first-order chi connectivity index (χ1) is 4.22. The molecule has 2 N–H and O–H groups in total. The van der Waals surface area contributed by atoms with Crippen LogP contribution in [0.4, 0.5) is 0 Å². The van der Waals surface area contributed by atoms with E-state index in [1.54, 1.807) is 0 Å². The summed E-state index contributed by atoms with van der Waals surface area (Å²) in [4.78, 5) is 10.5. The molecule has 1 heterocycles. The molecule has 9 heavy (non-hydrogen) atoms. The van der Waals surface area contributed by atoms with E-state index < -0.39 is 6.10 Å². The van der Waals surface area contributed by atoms with Crippen LogP contribution in [0.5, 0.6) is 0 Å². The Kier molecular flexibility index (Phi) is 1.83. The maximum Gasteiger partial charge on any atom is 0.159 e. The van der Waals surface area contributed by atoms with Crippen LogP contribution in [0.15, 0.2) is 0 Å². The standard InChI is InChI=1S/C6H11NO2/c1-4(8)6(9)5-2-3-7-5/h5-7,9H,2-3H2,1H3/t5?,6-/m0/s1. The van der Waals surface area contributed by atoms with Crippen LogP contribution in [0.3, 0.4) is 0 Å². The van der Waals surface area contributed by atoms with Crippen molar-refractivity contribution in [3.05, 3.63) is 0 Å². The zero-order chi connectivity index (χ0) is 6.85. The van der Waals surface area contributed by atoms with Crippen LogP contribution in [0.1, 0.15) is 13.3 Å². The summed E-state index contributed by atoms with van der Waals surface area (Å²) in [7, 11) is 0. The molecule has 3 heteroatoms. The Bertz CT molecular complexity index is 120. The number of hydrogen-bond acceptors (Lipinski definition) is 3. The number of aliphatic hydroxyl groups excluding tert-OH is 1. The first-order valence-electron chi connectivity index (χ1n) is 3.13. The molecule has 1 saturated heterocycles. The van der Waals surface area contributed by atoms with Crippen LogP contribution in [-0.4, -0.2) is 29.6 Å². The highest BCUT2D eigenvalue weighted by Crippen LogP contribution is 2.07. The van der Waals surface area contributed by atoms with Gasteiger partial charge in [0.2, 0.25) is 0 Å². The number of ketones is 1. The third-order valence-electron chi connectivity index (χ3n) is 1.66. The molecule has 1 aliphatic rings. The predicted octanol–water partition coefficient (Wildman–Crippen LogP) is -0.702. The SMILES string of the molecule is CC(=O)[C@H](O)C1CCN1. The molecule has 0 amide bonds. The van der Waals surface area contributed by atoms with E-state index in [0.29, 0.717) is 0 Å². The minimum Gasteiger partial charge on any atom is -0.384 e. The van der Waals surface area contributed by atoms with E-state index in [9.17, 15) is 4.79 Å². The number of Topliss-reactive ketones (excluding diaryl/α,β-unsaturated/α-hetero) is 1. The van der Waals surface area contributed by atoms with E-state index in [4.69, 9.17) is 5.11 Å². The molecule has 0 spiro atoms. The number of aliphatic hydroxyl groups is 1. The fraction of sp³-hybridized carbons (Fsp3) is 0.833. The van der Waals surface area contributed by atoms with Crippen LogP contribution in [0.25, 0.3) is 0 Å². The Labute approximate surface area is 54.1 Å². The molecule has 0 aromatic carbocycles. The lowest BCUT2D eigenvalue weighted by Crippen LogP contribution is -2.53. The molecule has 0 aromatic heterocycles. The van der Waals surface area contributed by atoms with Crippen molar-refractivity contribution >= 4 is 5.78 Å². The van der Waals surface area contributed by atoms with Gasteiger partial charge >= 0.3 is 0 Å². The average Bonchev–Trinajstić information content (AvgIpc) is 1.60. The average molecular weight is 129 g/mol. The fourth-order valence-electron chi connectivity index (χ4n) is 0.864. The Morgan fingerprint density at radius 3 is 2.56 bits per heavy atom. The van der Waals surface area contributed by atoms with Crippen molar-refractivity contribution in [2.75, 3.05) is 6.54 Å². The molecule has 0 aliphatic carbocycles. The Morgan fingerprint density at radius 2 is 2.44 bits per heavy atom. The highest BCUT2D eigenvalue weighted by atomic mass is 16.3. The summed E-state index contributed by atoms with van der Waals surface area (Å²) in [6, 6.07) is 0.0301. The first-order valence-corrected chi connectivity index (χ1v) is 3.13. The highest BCUT2D eigenvalue weighted by Gasteiger charge is 2.27. The maximum absolute atomic E-state index is 10.5. The molecular weight excluding hydrogens is 118 g/mol. The predicted molar refractivity (Wildman–Crippen MR) is 33.1 cm³/mol. The molecule has 3 nitrogen and oxygen atoms in total. The van der Waals surface area contributed by atoms with Gasteiger partial charge in [0.15, 0.2) is 5.78 Å². The molecule has 0 saturated carbocycles. The monoisotopic (exact) mass is 129 g/mol. The summed E-state index contributed by atoms with van der Waals surface area (Å²) < 4.78 is 0. The minimum atomic E-state index is -0.779. The lowest BCUT2D eigenvalue weighted by molar-refractivity contribution is -0.127. The summed E-state index contributed by atoms with van der Waals surface area (Å²) in [6.45, 7) is 2.33. The van der Waals surface area contributed by atoms with Crippen molar-refractivity contribution < 1.29 is 9.90 Å². The number of nitrogens with one attached hydrogen (secondary N) is 1. The van der Waals surface area contributed by atoms with Crippen LogP contribution in [0.2, 0.25) is 0 Å². The molecule has 0 bridgehead atoms. The lowest BCUT2D eigenvalue weighted by Gasteiger charge is -2.30. The molecule has 1 unspecified atom stereocenters. The zero-order valence-corrected chi connectivity index (χ0v) is 5.42. The highest BCUT2D eigenvalue weighted by molar-refractivity contribution is 5.81. The topological polar surface area (TPSA) is 49.3 Å². The van der Waals surface area contributed by atoms with Crippen molar-refractivity contribution in [1.82, 2.24) is 5.32 Å². The van der Waals surface area contributed by atoms with E-state index >= 15 is 0 Å². The van der Waals surface area contributed by atoms with Crippen LogP contribution in [-0.2, 0) is 4.79 Å². The van der Waals surface area contributed by atoms with Gasteiger partial charge in [-0.2, -0.15) is 0 Å². The van der Waals surface area contributed by atoms with Crippen molar-refractivity contribution in [2.45, 2.75) is 25.5 Å². The molecule has 1 fully saturated rings. The molecule has 1 rings (SSSR count). The van der Waals surface area contributed by atoms with Gasteiger partial charge in [-0.3, -0.25) is 4.79 Å². The van der Waals surface area contributed by atoms with Gasteiger partial charge < -0.3 is 10.4 Å². The quantitative estimate of drug-likeness (QED) is 0.518. The van der Waals surface area contributed by atoms with Gasteiger partial charge in [-0.1, -0.05) is 0 Å². The van der Waals surface area contributed by atoms with Crippen molar-refractivity contribution in [3.8, 4) is 0 Å². The molecule has 52 valence electrons. The third-order valence-corrected chi connectivity index (χ3v) is 1.66. The lowest BCUT2D eigenvalue weighted by atomic mass is 9.99. The van der Waals surface area contributed by atoms with Gasteiger partial charge in [0.25, 0.3) is 0 Å².